The Labute approximate surface area is 60.2 Å². The minimum Gasteiger partial charge on any atom is -0.481 e. The first-order chi connectivity index (χ1) is 4.54. The Morgan fingerprint density at radius 2 is 2.40 bits per heavy atom. The van der Waals surface area contributed by atoms with Crippen molar-refractivity contribution in [1.82, 2.24) is 0 Å². The van der Waals surface area contributed by atoms with Gasteiger partial charge in [0.15, 0.2) is 0 Å². The summed E-state index contributed by atoms with van der Waals surface area (Å²) in [5.74, 6) is -0.708. The summed E-state index contributed by atoms with van der Waals surface area (Å²) in [4.78, 5) is 10.6. The summed E-state index contributed by atoms with van der Waals surface area (Å²) in [6.45, 7) is 1.77. The molecule has 3 N–H and O–H groups in total. The molecule has 0 aliphatic heterocycles. The molecule has 0 amide bonds. The first-order valence-electron chi connectivity index (χ1n) is 3.53. The van der Waals surface area contributed by atoms with E-state index in [1.807, 2.05) is 0 Å². The smallest absolute Gasteiger partial charge is 0.309 e. The van der Waals surface area contributed by atoms with Crippen LogP contribution in [0.5, 0.6) is 0 Å². The van der Waals surface area contributed by atoms with Gasteiger partial charge in [-0.3, -0.25) is 4.79 Å². The molecule has 10 heavy (non-hydrogen) atoms. The maximum absolute atomic E-state index is 10.6. The van der Waals surface area contributed by atoms with Crippen molar-refractivity contribution in [2.24, 2.45) is 11.1 Å². The van der Waals surface area contributed by atoms with E-state index in [0.29, 0.717) is 6.42 Å². The first kappa shape index (κ1) is 7.54. The number of carboxylic acid groups (broad SMARTS) is 1. The fourth-order valence-corrected chi connectivity index (χ4v) is 1.48. The van der Waals surface area contributed by atoms with Crippen LogP contribution in [0.4, 0.5) is 0 Å². The molecule has 1 rings (SSSR count). The number of carboxylic acids is 1. The van der Waals surface area contributed by atoms with Crippen LogP contribution in [-0.2, 0) is 4.79 Å². The minimum atomic E-state index is -0.708. The lowest BCUT2D eigenvalue weighted by Crippen LogP contribution is -2.26. The van der Waals surface area contributed by atoms with Crippen molar-refractivity contribution in [3.05, 3.63) is 0 Å². The van der Waals surface area contributed by atoms with Gasteiger partial charge in [0.2, 0.25) is 0 Å². The maximum Gasteiger partial charge on any atom is 0.309 e. The molecule has 3 nitrogen and oxygen atoms in total. The van der Waals surface area contributed by atoms with Crippen molar-refractivity contribution in [1.29, 1.82) is 0 Å². The summed E-state index contributed by atoms with van der Waals surface area (Å²) in [5, 5.41) is 8.73. The third kappa shape index (κ3) is 1.14. The topological polar surface area (TPSA) is 63.3 Å². The molecular weight excluding hydrogens is 130 g/mol. The Bertz CT molecular complexity index is 158. The van der Waals surface area contributed by atoms with Crippen LogP contribution in [0, 0.1) is 5.41 Å². The monoisotopic (exact) mass is 143 g/mol. The zero-order valence-electron chi connectivity index (χ0n) is 6.13. The van der Waals surface area contributed by atoms with Gasteiger partial charge in [-0.05, 0) is 26.2 Å². The van der Waals surface area contributed by atoms with Crippen LogP contribution in [0.2, 0.25) is 0 Å². The summed E-state index contributed by atoms with van der Waals surface area (Å²) in [6.07, 6.45) is 2.20. The number of hydrogen-bond acceptors (Lipinski definition) is 2. The van der Waals surface area contributed by atoms with Crippen molar-refractivity contribution in [3.63, 3.8) is 0 Å². The molecule has 0 heterocycles. The van der Waals surface area contributed by atoms with Crippen molar-refractivity contribution in [3.8, 4) is 0 Å². The van der Waals surface area contributed by atoms with Crippen LogP contribution in [-0.4, -0.2) is 17.1 Å². The summed E-state index contributed by atoms with van der Waals surface area (Å²) < 4.78 is 0. The van der Waals surface area contributed by atoms with E-state index in [2.05, 4.69) is 0 Å². The van der Waals surface area contributed by atoms with E-state index >= 15 is 0 Å². The zero-order valence-corrected chi connectivity index (χ0v) is 6.13. The van der Waals surface area contributed by atoms with Gasteiger partial charge < -0.3 is 10.8 Å². The highest BCUT2D eigenvalue weighted by atomic mass is 16.4. The SMILES string of the molecule is C[C@]1(C(=O)O)CC[C@@H](N)C1. The molecule has 1 saturated carbocycles. The van der Waals surface area contributed by atoms with E-state index in [0.717, 1.165) is 12.8 Å². The molecule has 58 valence electrons. The average Bonchev–Trinajstić information content (AvgIpc) is 2.13. The van der Waals surface area contributed by atoms with Gasteiger partial charge in [-0.1, -0.05) is 0 Å². The largest absolute Gasteiger partial charge is 0.481 e. The number of aliphatic carboxylic acids is 1. The van der Waals surface area contributed by atoms with Gasteiger partial charge in [0, 0.05) is 6.04 Å². The van der Waals surface area contributed by atoms with Gasteiger partial charge in [-0.15, -0.1) is 0 Å². The number of nitrogens with two attached hydrogens (primary N) is 1. The number of hydrogen-bond donors (Lipinski definition) is 2. The molecule has 0 saturated heterocycles. The highest BCUT2D eigenvalue weighted by Gasteiger charge is 2.39. The fraction of sp³-hybridized carbons (Fsp3) is 0.857. The molecule has 0 unspecified atom stereocenters. The summed E-state index contributed by atoms with van der Waals surface area (Å²) in [6, 6.07) is 0.0982. The molecule has 1 fully saturated rings. The van der Waals surface area contributed by atoms with E-state index in [9.17, 15) is 4.79 Å². The van der Waals surface area contributed by atoms with E-state index in [1.165, 1.54) is 0 Å². The van der Waals surface area contributed by atoms with Crippen LogP contribution in [0.15, 0.2) is 0 Å². The average molecular weight is 143 g/mol. The first-order valence-corrected chi connectivity index (χ1v) is 3.53. The van der Waals surface area contributed by atoms with Crippen molar-refractivity contribution < 1.29 is 9.90 Å². The molecule has 0 bridgehead atoms. The van der Waals surface area contributed by atoms with E-state index in [4.69, 9.17) is 10.8 Å². The van der Waals surface area contributed by atoms with Gasteiger partial charge in [-0.2, -0.15) is 0 Å². The van der Waals surface area contributed by atoms with Gasteiger partial charge >= 0.3 is 5.97 Å². The highest BCUT2D eigenvalue weighted by Crippen LogP contribution is 2.36. The third-order valence-electron chi connectivity index (χ3n) is 2.30. The summed E-state index contributed by atoms with van der Waals surface area (Å²) in [5.41, 5.74) is 5.04. The van der Waals surface area contributed by atoms with Crippen LogP contribution < -0.4 is 5.73 Å². The second-order valence-electron chi connectivity index (χ2n) is 3.37. The highest BCUT2D eigenvalue weighted by molar-refractivity contribution is 5.74. The predicted octanol–water partition coefficient (Wildman–Crippen LogP) is 0.588. The van der Waals surface area contributed by atoms with Crippen molar-refractivity contribution in [2.75, 3.05) is 0 Å². The zero-order chi connectivity index (χ0) is 7.78. The molecule has 1 aliphatic rings. The molecule has 1 aliphatic carbocycles. The Morgan fingerprint density at radius 1 is 1.80 bits per heavy atom. The van der Waals surface area contributed by atoms with Gasteiger partial charge in [0.1, 0.15) is 0 Å². The molecule has 0 radical (unpaired) electrons. The Kier molecular flexibility index (Phi) is 1.68. The minimum absolute atomic E-state index is 0.0982. The Morgan fingerprint density at radius 3 is 2.60 bits per heavy atom. The van der Waals surface area contributed by atoms with Gasteiger partial charge in [-0.25, -0.2) is 0 Å². The standard InChI is InChI=1S/C7H13NO2/c1-7(6(9)10)3-2-5(8)4-7/h5H,2-4,8H2,1H3,(H,9,10)/t5-,7+/m1/s1. The molecule has 0 aromatic carbocycles. The van der Waals surface area contributed by atoms with Crippen LogP contribution in [0.25, 0.3) is 0 Å². The second kappa shape index (κ2) is 2.23. The normalized spacial score (nSPS) is 40.0. The molecule has 3 heteroatoms. The molecular formula is C7H13NO2. The summed E-state index contributed by atoms with van der Waals surface area (Å²) >= 11 is 0. The van der Waals surface area contributed by atoms with Crippen molar-refractivity contribution in [2.45, 2.75) is 32.2 Å². The molecule has 0 spiro atoms. The second-order valence-corrected chi connectivity index (χ2v) is 3.37. The quantitative estimate of drug-likeness (QED) is 0.564. The molecule has 0 aromatic rings. The van der Waals surface area contributed by atoms with Crippen LogP contribution in [0.3, 0.4) is 0 Å². The van der Waals surface area contributed by atoms with E-state index in [-0.39, 0.29) is 6.04 Å². The van der Waals surface area contributed by atoms with Crippen LogP contribution >= 0.6 is 0 Å². The lowest BCUT2D eigenvalue weighted by molar-refractivity contribution is -0.147. The third-order valence-corrected chi connectivity index (χ3v) is 2.30. The Hall–Kier alpha value is -0.570. The van der Waals surface area contributed by atoms with E-state index in [1.54, 1.807) is 6.92 Å². The van der Waals surface area contributed by atoms with Gasteiger partial charge in [0.05, 0.1) is 5.41 Å². The number of carbonyl (C=O) groups is 1. The molecule has 0 aromatic heterocycles. The fourth-order valence-electron chi connectivity index (χ4n) is 1.48. The van der Waals surface area contributed by atoms with Crippen molar-refractivity contribution >= 4 is 5.97 Å². The van der Waals surface area contributed by atoms with E-state index < -0.39 is 11.4 Å². The summed E-state index contributed by atoms with van der Waals surface area (Å²) in [7, 11) is 0. The lowest BCUT2D eigenvalue weighted by atomic mass is 9.89. The Balaban J connectivity index is 2.63. The van der Waals surface area contributed by atoms with Gasteiger partial charge in [0.25, 0.3) is 0 Å². The molecule has 2 atom stereocenters. The predicted molar refractivity (Wildman–Crippen MR) is 37.6 cm³/mol. The maximum atomic E-state index is 10.6. The van der Waals surface area contributed by atoms with Crippen LogP contribution in [0.1, 0.15) is 26.2 Å². The number of rotatable bonds is 1. The lowest BCUT2D eigenvalue weighted by Gasteiger charge is -2.16.